The van der Waals surface area contributed by atoms with E-state index in [1.54, 1.807) is 6.92 Å². The number of imide groups is 1. The number of hydrogen-bond donors (Lipinski definition) is 0. The van der Waals surface area contributed by atoms with Gasteiger partial charge in [0.25, 0.3) is 11.8 Å². The van der Waals surface area contributed by atoms with Gasteiger partial charge in [-0.1, -0.05) is 0 Å². The van der Waals surface area contributed by atoms with Crippen molar-refractivity contribution >= 4 is 23.6 Å². The molecule has 0 saturated carbocycles. The van der Waals surface area contributed by atoms with E-state index in [0.29, 0.717) is 0 Å². The summed E-state index contributed by atoms with van der Waals surface area (Å²) < 4.78 is 9.26. The number of esters is 1. The van der Waals surface area contributed by atoms with E-state index < -0.39 is 36.5 Å². The molecule has 1 aliphatic rings. The maximum Gasteiger partial charge on any atom is 0.313 e. The number of carbonyl (C=O) groups is 4. The summed E-state index contributed by atoms with van der Waals surface area (Å²) in [6.45, 7) is 0.954. The van der Waals surface area contributed by atoms with Gasteiger partial charge in [0.2, 0.25) is 0 Å². The normalized spacial score (nSPS) is 15.9. The zero-order chi connectivity index (χ0) is 12.8. The zero-order valence-corrected chi connectivity index (χ0v) is 9.43. The quantitative estimate of drug-likeness (QED) is 0.345. The summed E-state index contributed by atoms with van der Waals surface area (Å²) in [5.74, 6) is -2.34. The Balaban J connectivity index is 2.46. The lowest BCUT2D eigenvalue weighted by Gasteiger charge is -2.23. The number of morpholine rings is 1. The molecule has 1 heterocycles. The van der Waals surface area contributed by atoms with E-state index in [2.05, 4.69) is 9.47 Å². The molecule has 0 spiro atoms. The van der Waals surface area contributed by atoms with Gasteiger partial charge in [0, 0.05) is 0 Å². The van der Waals surface area contributed by atoms with Gasteiger partial charge in [-0.15, -0.1) is 0 Å². The van der Waals surface area contributed by atoms with E-state index in [1.807, 2.05) is 0 Å². The molecule has 17 heavy (non-hydrogen) atoms. The maximum absolute atomic E-state index is 11.4. The van der Waals surface area contributed by atoms with Crippen molar-refractivity contribution in [3.05, 3.63) is 0 Å². The molecule has 0 aromatic rings. The molecule has 0 aliphatic carbocycles. The second-order valence-corrected chi connectivity index (χ2v) is 3.39. The SMILES string of the molecule is CCOC(=O)CC(=O)CN1C(=O)COCC1=O. The third kappa shape index (κ3) is 3.95. The van der Waals surface area contributed by atoms with Crippen molar-refractivity contribution in [3.8, 4) is 0 Å². The second-order valence-electron chi connectivity index (χ2n) is 3.39. The summed E-state index contributed by atoms with van der Waals surface area (Å²) in [5, 5.41) is 0. The van der Waals surface area contributed by atoms with Gasteiger partial charge in [0.15, 0.2) is 5.78 Å². The van der Waals surface area contributed by atoms with Crippen molar-refractivity contribution in [3.63, 3.8) is 0 Å². The third-order valence-electron chi connectivity index (χ3n) is 2.03. The average Bonchev–Trinajstić information content (AvgIpc) is 2.24. The van der Waals surface area contributed by atoms with Crippen LogP contribution in [0.15, 0.2) is 0 Å². The Morgan fingerprint density at radius 1 is 1.29 bits per heavy atom. The molecule has 2 amide bonds. The number of amides is 2. The fourth-order valence-corrected chi connectivity index (χ4v) is 1.30. The lowest BCUT2D eigenvalue weighted by molar-refractivity contribution is -0.161. The second kappa shape index (κ2) is 6.09. The van der Waals surface area contributed by atoms with E-state index in [4.69, 9.17) is 0 Å². The molecule has 94 valence electrons. The first-order valence-electron chi connectivity index (χ1n) is 5.12. The highest BCUT2D eigenvalue weighted by Crippen LogP contribution is 2.02. The third-order valence-corrected chi connectivity index (χ3v) is 2.03. The van der Waals surface area contributed by atoms with Crippen molar-refractivity contribution in [1.29, 1.82) is 0 Å². The van der Waals surface area contributed by atoms with Crippen molar-refractivity contribution in [2.24, 2.45) is 0 Å². The minimum Gasteiger partial charge on any atom is -0.466 e. The first-order valence-corrected chi connectivity index (χ1v) is 5.12. The Labute approximate surface area is 97.7 Å². The van der Waals surface area contributed by atoms with Crippen LogP contribution in [0.3, 0.4) is 0 Å². The molecule has 7 nitrogen and oxygen atoms in total. The van der Waals surface area contributed by atoms with Gasteiger partial charge >= 0.3 is 5.97 Å². The van der Waals surface area contributed by atoms with Crippen molar-refractivity contribution in [2.75, 3.05) is 26.4 Å². The summed E-state index contributed by atoms with van der Waals surface area (Å²) in [5.41, 5.74) is 0. The largest absolute Gasteiger partial charge is 0.466 e. The first-order chi connectivity index (χ1) is 8.04. The van der Waals surface area contributed by atoms with E-state index in [0.717, 1.165) is 4.90 Å². The van der Waals surface area contributed by atoms with Crippen LogP contribution in [0.25, 0.3) is 0 Å². The summed E-state index contributed by atoms with van der Waals surface area (Å²) >= 11 is 0. The molecular weight excluding hydrogens is 230 g/mol. The lowest BCUT2D eigenvalue weighted by atomic mass is 10.2. The number of nitrogens with zero attached hydrogens (tertiary/aromatic N) is 1. The summed E-state index contributed by atoms with van der Waals surface area (Å²) in [4.78, 5) is 45.7. The Morgan fingerprint density at radius 2 is 1.88 bits per heavy atom. The predicted octanol–water partition coefficient (Wildman–Crippen LogP) is -1.11. The van der Waals surface area contributed by atoms with Crippen LogP contribution in [0.4, 0.5) is 0 Å². The average molecular weight is 243 g/mol. The predicted molar refractivity (Wildman–Crippen MR) is 53.8 cm³/mol. The van der Waals surface area contributed by atoms with Crippen LogP contribution in [-0.4, -0.2) is 54.8 Å². The topological polar surface area (TPSA) is 90.0 Å². The molecule has 0 unspecified atom stereocenters. The van der Waals surface area contributed by atoms with E-state index in [-0.39, 0.29) is 19.8 Å². The van der Waals surface area contributed by atoms with Crippen LogP contribution in [0.1, 0.15) is 13.3 Å². The molecule has 7 heteroatoms. The molecule has 1 saturated heterocycles. The van der Waals surface area contributed by atoms with Crippen molar-refractivity contribution in [1.82, 2.24) is 4.90 Å². The smallest absolute Gasteiger partial charge is 0.313 e. The van der Waals surface area contributed by atoms with Gasteiger partial charge in [-0.05, 0) is 6.92 Å². The molecule has 0 aromatic heterocycles. The van der Waals surface area contributed by atoms with Crippen LogP contribution in [0, 0.1) is 0 Å². The van der Waals surface area contributed by atoms with E-state index in [1.165, 1.54) is 0 Å². The molecule has 1 fully saturated rings. The number of ether oxygens (including phenoxy) is 2. The minimum absolute atomic E-state index is 0.182. The number of carbonyl (C=O) groups excluding carboxylic acids is 4. The number of rotatable bonds is 5. The fourth-order valence-electron chi connectivity index (χ4n) is 1.30. The summed E-state index contributed by atoms with van der Waals surface area (Å²) in [6.07, 6.45) is -0.439. The molecule has 0 radical (unpaired) electrons. The Bertz CT molecular complexity index is 335. The maximum atomic E-state index is 11.4. The Hall–Kier alpha value is -1.76. The van der Waals surface area contributed by atoms with Crippen LogP contribution >= 0.6 is 0 Å². The molecular formula is C10H13NO6. The Morgan fingerprint density at radius 3 is 2.41 bits per heavy atom. The molecule has 1 rings (SSSR count). The summed E-state index contributed by atoms with van der Waals surface area (Å²) in [7, 11) is 0. The molecule has 0 aromatic carbocycles. The number of hydrogen-bond acceptors (Lipinski definition) is 6. The van der Waals surface area contributed by atoms with Crippen LogP contribution < -0.4 is 0 Å². The van der Waals surface area contributed by atoms with E-state index >= 15 is 0 Å². The molecule has 1 aliphatic heterocycles. The standard InChI is InChI=1S/C10H13NO6/c1-2-17-10(15)3-7(12)4-11-8(13)5-16-6-9(11)14/h2-6H2,1H3. The van der Waals surface area contributed by atoms with Crippen LogP contribution in [0.5, 0.6) is 0 Å². The van der Waals surface area contributed by atoms with Gasteiger partial charge in [-0.25, -0.2) is 0 Å². The van der Waals surface area contributed by atoms with Crippen molar-refractivity contribution in [2.45, 2.75) is 13.3 Å². The first kappa shape index (κ1) is 13.3. The minimum atomic E-state index is -0.661. The van der Waals surface area contributed by atoms with Crippen LogP contribution in [0.2, 0.25) is 0 Å². The van der Waals surface area contributed by atoms with Crippen molar-refractivity contribution < 1.29 is 28.7 Å². The van der Waals surface area contributed by atoms with Gasteiger partial charge < -0.3 is 9.47 Å². The number of Topliss-reactive ketones (excluding diaryl/α,β-unsaturated/α-hetero) is 1. The highest BCUT2D eigenvalue weighted by atomic mass is 16.5. The molecule has 0 bridgehead atoms. The highest BCUT2D eigenvalue weighted by molar-refractivity contribution is 6.04. The molecule has 0 atom stereocenters. The zero-order valence-electron chi connectivity index (χ0n) is 9.43. The van der Waals surface area contributed by atoms with Gasteiger partial charge in [0.1, 0.15) is 19.6 Å². The lowest BCUT2D eigenvalue weighted by Crippen LogP contribution is -2.48. The monoisotopic (exact) mass is 243 g/mol. The highest BCUT2D eigenvalue weighted by Gasteiger charge is 2.28. The van der Waals surface area contributed by atoms with Crippen LogP contribution in [-0.2, 0) is 28.7 Å². The fraction of sp³-hybridized carbons (Fsp3) is 0.600. The molecule has 0 N–H and O–H groups in total. The van der Waals surface area contributed by atoms with Gasteiger partial charge in [-0.3, -0.25) is 24.1 Å². The Kier molecular flexibility index (Phi) is 4.77. The number of ketones is 1. The van der Waals surface area contributed by atoms with E-state index in [9.17, 15) is 19.2 Å². The summed E-state index contributed by atoms with van der Waals surface area (Å²) in [6, 6.07) is 0. The van der Waals surface area contributed by atoms with Gasteiger partial charge in [-0.2, -0.15) is 0 Å². The van der Waals surface area contributed by atoms with Gasteiger partial charge in [0.05, 0.1) is 13.2 Å².